The summed E-state index contributed by atoms with van der Waals surface area (Å²) >= 11 is 23.1. The van der Waals surface area contributed by atoms with Gasteiger partial charge in [-0.05, 0) is 24.6 Å². The molecular weight excluding hydrogens is 423 g/mol. The Kier molecular flexibility index (Phi) is 6.37. The van der Waals surface area contributed by atoms with Crippen LogP contribution in [0.4, 0.5) is 13.2 Å². The van der Waals surface area contributed by atoms with Crippen molar-refractivity contribution < 1.29 is 13.2 Å². The second-order valence-electron chi connectivity index (χ2n) is 4.81. The fourth-order valence-corrected chi connectivity index (χ4v) is 2.82. The maximum Gasteiger partial charge on any atom is 0.437 e. The lowest BCUT2D eigenvalue weighted by Gasteiger charge is -2.16. The molecule has 1 heterocycles. The minimum Gasteiger partial charge on any atom is -0.302 e. The Hall–Kier alpha value is -1.28. The second-order valence-corrected chi connectivity index (χ2v) is 6.40. The Bertz CT molecular complexity index is 811. The highest BCUT2D eigenvalue weighted by Crippen LogP contribution is 2.28. The fourth-order valence-electron chi connectivity index (χ4n) is 1.84. The topological polar surface area (TPSA) is 50.2 Å². The van der Waals surface area contributed by atoms with Crippen molar-refractivity contribution in [2.24, 2.45) is 5.10 Å². The molecule has 0 spiro atoms. The largest absolute Gasteiger partial charge is 0.437 e. The molecule has 1 N–H and O–H groups in total. The Morgan fingerprint density at radius 3 is 2.44 bits per heavy atom. The lowest BCUT2D eigenvalue weighted by Crippen LogP contribution is -2.29. The van der Waals surface area contributed by atoms with E-state index in [4.69, 9.17) is 46.4 Å². The zero-order chi connectivity index (χ0) is 18.8. The summed E-state index contributed by atoms with van der Waals surface area (Å²) in [7, 11) is 0. The van der Waals surface area contributed by atoms with Crippen LogP contribution in [0.5, 0.6) is 0 Å². The highest BCUT2D eigenvalue weighted by Gasteiger charge is 2.40. The molecule has 2 rings (SSSR count). The molecule has 1 aromatic heterocycles. The van der Waals surface area contributed by atoms with Gasteiger partial charge in [0.2, 0.25) is 0 Å². The predicted molar refractivity (Wildman–Crippen MR) is 92.7 cm³/mol. The quantitative estimate of drug-likeness (QED) is 0.498. The average molecular weight is 432 g/mol. The molecule has 1 aromatic carbocycles. The van der Waals surface area contributed by atoms with Gasteiger partial charge in [-0.3, -0.25) is 0 Å². The summed E-state index contributed by atoms with van der Waals surface area (Å²) < 4.78 is 39.9. The SMILES string of the molecule is C[C@@H](N/N=C(/c1ncc(Cl)nc1Cl)C(F)(F)F)c1ccc(Cl)cc1Cl. The molecule has 0 bridgehead atoms. The van der Waals surface area contributed by atoms with Crippen molar-refractivity contribution in [3.8, 4) is 0 Å². The molecule has 0 saturated carbocycles. The zero-order valence-electron chi connectivity index (χ0n) is 12.4. The molecule has 0 amide bonds. The van der Waals surface area contributed by atoms with E-state index in [0.717, 1.165) is 6.20 Å². The van der Waals surface area contributed by atoms with E-state index in [1.54, 1.807) is 19.1 Å². The molecule has 0 fully saturated rings. The Morgan fingerprint density at radius 1 is 1.20 bits per heavy atom. The van der Waals surface area contributed by atoms with Crippen LogP contribution >= 0.6 is 46.4 Å². The van der Waals surface area contributed by atoms with Crippen LogP contribution in [0.15, 0.2) is 29.5 Å². The van der Waals surface area contributed by atoms with Crippen molar-refractivity contribution in [1.82, 2.24) is 15.4 Å². The van der Waals surface area contributed by atoms with Crippen LogP contribution in [0.2, 0.25) is 20.4 Å². The molecule has 0 aliphatic heterocycles. The molecule has 0 radical (unpaired) electrons. The molecular formula is C14H9Cl4F3N4. The van der Waals surface area contributed by atoms with Crippen molar-refractivity contribution in [3.63, 3.8) is 0 Å². The number of hydrogen-bond acceptors (Lipinski definition) is 4. The van der Waals surface area contributed by atoms with Gasteiger partial charge in [0.25, 0.3) is 0 Å². The predicted octanol–water partition coefficient (Wildman–Crippen LogP) is 5.71. The first-order valence-electron chi connectivity index (χ1n) is 6.63. The number of hydrogen-bond donors (Lipinski definition) is 1. The van der Waals surface area contributed by atoms with Crippen LogP contribution in [0.25, 0.3) is 0 Å². The van der Waals surface area contributed by atoms with Crippen LogP contribution < -0.4 is 5.43 Å². The van der Waals surface area contributed by atoms with Gasteiger partial charge in [0.15, 0.2) is 10.9 Å². The van der Waals surface area contributed by atoms with Gasteiger partial charge in [-0.1, -0.05) is 52.5 Å². The molecule has 0 saturated heterocycles. The van der Waals surface area contributed by atoms with Crippen molar-refractivity contribution in [1.29, 1.82) is 0 Å². The van der Waals surface area contributed by atoms with Gasteiger partial charge in [0, 0.05) is 10.0 Å². The van der Waals surface area contributed by atoms with E-state index in [-0.39, 0.29) is 5.15 Å². The Balaban J connectivity index is 2.35. The minimum absolute atomic E-state index is 0.135. The molecule has 11 heteroatoms. The summed E-state index contributed by atoms with van der Waals surface area (Å²) in [5.41, 5.74) is 0.932. The zero-order valence-corrected chi connectivity index (χ0v) is 15.4. The Morgan fingerprint density at radius 2 is 1.88 bits per heavy atom. The van der Waals surface area contributed by atoms with Gasteiger partial charge >= 0.3 is 6.18 Å². The van der Waals surface area contributed by atoms with E-state index in [9.17, 15) is 13.2 Å². The maximum absolute atomic E-state index is 13.3. The highest BCUT2D eigenvalue weighted by atomic mass is 35.5. The van der Waals surface area contributed by atoms with Gasteiger partial charge in [0.05, 0.1) is 12.2 Å². The van der Waals surface area contributed by atoms with Gasteiger partial charge in [-0.2, -0.15) is 18.3 Å². The second kappa shape index (κ2) is 7.95. The van der Waals surface area contributed by atoms with E-state index < -0.39 is 28.8 Å². The number of halogens is 7. The lowest BCUT2D eigenvalue weighted by atomic mass is 10.1. The van der Waals surface area contributed by atoms with Gasteiger partial charge in [-0.25, -0.2) is 9.97 Å². The number of alkyl halides is 3. The van der Waals surface area contributed by atoms with E-state index in [1.165, 1.54) is 6.07 Å². The monoisotopic (exact) mass is 430 g/mol. The standard InChI is InChI=1S/C14H9Cl4F3N4/c1-6(8-3-2-7(15)4-9(8)16)24-25-12(14(19,20)21)11-13(18)23-10(17)5-22-11/h2-6,24H,1H3/b25-12-/t6-/m1/s1. The third-order valence-electron chi connectivity index (χ3n) is 2.99. The third-order valence-corrected chi connectivity index (χ3v) is 4.00. The maximum atomic E-state index is 13.3. The van der Waals surface area contributed by atoms with Gasteiger partial charge in [-0.15, -0.1) is 0 Å². The third kappa shape index (κ3) is 5.10. The molecule has 0 unspecified atom stereocenters. The molecule has 0 aliphatic carbocycles. The number of nitrogens with one attached hydrogen (secondary N) is 1. The van der Waals surface area contributed by atoms with E-state index >= 15 is 0 Å². The number of aromatic nitrogens is 2. The number of rotatable bonds is 4. The van der Waals surface area contributed by atoms with Crippen LogP contribution in [0, 0.1) is 0 Å². The molecule has 0 aliphatic rings. The van der Waals surface area contributed by atoms with E-state index in [1.807, 2.05) is 0 Å². The van der Waals surface area contributed by atoms with Gasteiger partial charge in [0.1, 0.15) is 10.8 Å². The minimum atomic E-state index is -4.82. The lowest BCUT2D eigenvalue weighted by molar-refractivity contribution is -0.0587. The number of nitrogens with zero attached hydrogens (tertiary/aromatic N) is 3. The average Bonchev–Trinajstić information content (AvgIpc) is 2.47. The molecule has 25 heavy (non-hydrogen) atoms. The summed E-state index contributed by atoms with van der Waals surface area (Å²) in [5, 5.41) is 3.47. The number of hydrazone groups is 1. The Labute approximate surface area is 161 Å². The number of benzene rings is 1. The molecule has 4 nitrogen and oxygen atoms in total. The summed E-state index contributed by atoms with van der Waals surface area (Å²) in [5.74, 6) is 0. The van der Waals surface area contributed by atoms with Crippen molar-refractivity contribution >= 4 is 52.1 Å². The van der Waals surface area contributed by atoms with Crippen molar-refractivity contribution in [2.45, 2.75) is 19.1 Å². The van der Waals surface area contributed by atoms with Crippen LogP contribution in [-0.4, -0.2) is 21.9 Å². The highest BCUT2D eigenvalue weighted by molar-refractivity contribution is 6.35. The van der Waals surface area contributed by atoms with Crippen LogP contribution in [-0.2, 0) is 0 Å². The van der Waals surface area contributed by atoms with Crippen LogP contribution in [0.1, 0.15) is 24.2 Å². The van der Waals surface area contributed by atoms with E-state index in [2.05, 4.69) is 20.5 Å². The van der Waals surface area contributed by atoms with E-state index in [0.29, 0.717) is 15.6 Å². The first kappa shape index (κ1) is 20.0. The summed E-state index contributed by atoms with van der Waals surface area (Å²) in [6.07, 6.45) is -3.87. The first-order chi connectivity index (χ1) is 11.6. The van der Waals surface area contributed by atoms with Crippen LogP contribution in [0.3, 0.4) is 0 Å². The molecule has 134 valence electrons. The summed E-state index contributed by atoms with van der Waals surface area (Å²) in [4.78, 5) is 7.10. The summed E-state index contributed by atoms with van der Waals surface area (Å²) in [6, 6.07) is 3.99. The molecule has 2 aromatic rings. The molecule has 1 atom stereocenters. The fraction of sp³-hybridized carbons (Fsp3) is 0.214. The van der Waals surface area contributed by atoms with Crippen molar-refractivity contribution in [2.75, 3.05) is 0 Å². The van der Waals surface area contributed by atoms with Gasteiger partial charge < -0.3 is 5.43 Å². The first-order valence-corrected chi connectivity index (χ1v) is 8.14. The van der Waals surface area contributed by atoms with Crippen molar-refractivity contribution in [3.05, 3.63) is 56.0 Å². The smallest absolute Gasteiger partial charge is 0.302 e. The summed E-state index contributed by atoms with van der Waals surface area (Å²) in [6.45, 7) is 1.59. The normalized spacial score (nSPS) is 13.7.